The van der Waals surface area contributed by atoms with E-state index >= 15 is 0 Å². The highest BCUT2D eigenvalue weighted by Crippen LogP contribution is 2.05. The average Bonchev–Trinajstić information content (AvgIpc) is 2.14. The van der Waals surface area contributed by atoms with E-state index in [0.29, 0.717) is 12.8 Å². The summed E-state index contributed by atoms with van der Waals surface area (Å²) >= 11 is 0. The molecule has 0 spiro atoms. The lowest BCUT2D eigenvalue weighted by atomic mass is 10.2. The largest absolute Gasteiger partial charge is 0.351 e. The predicted octanol–water partition coefficient (Wildman–Crippen LogP) is 0.234. The van der Waals surface area contributed by atoms with Gasteiger partial charge >= 0.3 is 0 Å². The summed E-state index contributed by atoms with van der Waals surface area (Å²) in [5, 5.41) is 2.49. The molecule has 0 unspecified atom stereocenters. The highest BCUT2D eigenvalue weighted by Gasteiger charge is 2.19. The molecule has 0 radical (unpaired) electrons. The van der Waals surface area contributed by atoms with Crippen LogP contribution in [0.15, 0.2) is 0 Å². The summed E-state index contributed by atoms with van der Waals surface area (Å²) in [5.74, 6) is -0.0207. The van der Waals surface area contributed by atoms with Crippen LogP contribution in [0.5, 0.6) is 0 Å². The van der Waals surface area contributed by atoms with Gasteiger partial charge < -0.3 is 5.32 Å². The molecule has 1 N–H and O–H groups in total. The molecule has 1 aliphatic heterocycles. The van der Waals surface area contributed by atoms with Crippen LogP contribution in [0, 0.1) is 0 Å². The summed E-state index contributed by atoms with van der Waals surface area (Å²) in [7, 11) is 0. The van der Waals surface area contributed by atoms with E-state index in [0.717, 1.165) is 0 Å². The zero-order valence-electron chi connectivity index (χ0n) is 4.48. The van der Waals surface area contributed by atoms with Crippen molar-refractivity contribution in [1.82, 2.24) is 5.32 Å². The number of carbonyl (C=O) groups is 1. The number of alkyl halides is 1. The Kier molecular flexibility index (Phi) is 1.46. The molecule has 1 atom stereocenters. The quantitative estimate of drug-likeness (QED) is 0.523. The van der Waals surface area contributed by atoms with Crippen LogP contribution in [0.25, 0.3) is 0 Å². The Morgan fingerprint density at radius 3 is 2.88 bits per heavy atom. The third kappa shape index (κ3) is 0.967. The van der Waals surface area contributed by atoms with Crippen molar-refractivity contribution in [2.45, 2.75) is 18.9 Å². The number of amides is 1. The van der Waals surface area contributed by atoms with Gasteiger partial charge in [0.2, 0.25) is 5.91 Å². The first-order valence-corrected chi connectivity index (χ1v) is 2.68. The monoisotopic (exact) mass is 117 g/mol. The zero-order valence-corrected chi connectivity index (χ0v) is 4.48. The molecule has 0 aromatic carbocycles. The number of hydrogen-bond acceptors (Lipinski definition) is 1. The van der Waals surface area contributed by atoms with E-state index in [-0.39, 0.29) is 11.9 Å². The average molecular weight is 117 g/mol. The van der Waals surface area contributed by atoms with Crippen LogP contribution in [-0.2, 0) is 4.79 Å². The summed E-state index contributed by atoms with van der Waals surface area (Å²) in [6.45, 7) is -0.425. The molecule has 0 aromatic heterocycles. The first-order valence-electron chi connectivity index (χ1n) is 2.68. The SMILES string of the molecule is O=C1CC[C@H](CF)N1. The molecule has 0 saturated carbocycles. The lowest BCUT2D eigenvalue weighted by Gasteiger charge is -1.99. The van der Waals surface area contributed by atoms with Crippen LogP contribution >= 0.6 is 0 Å². The highest BCUT2D eigenvalue weighted by atomic mass is 19.1. The van der Waals surface area contributed by atoms with Gasteiger partial charge in [-0.2, -0.15) is 0 Å². The summed E-state index contributed by atoms with van der Waals surface area (Å²) in [5.41, 5.74) is 0. The fraction of sp³-hybridized carbons (Fsp3) is 0.800. The lowest BCUT2D eigenvalue weighted by Crippen LogP contribution is -2.26. The van der Waals surface area contributed by atoms with Crippen LogP contribution < -0.4 is 5.32 Å². The highest BCUT2D eigenvalue weighted by molar-refractivity contribution is 5.78. The number of nitrogens with one attached hydrogen (secondary N) is 1. The maximum atomic E-state index is 11.7. The topological polar surface area (TPSA) is 29.1 Å². The van der Waals surface area contributed by atoms with Crippen LogP contribution in [-0.4, -0.2) is 18.6 Å². The van der Waals surface area contributed by atoms with Gasteiger partial charge in [-0.05, 0) is 6.42 Å². The Labute approximate surface area is 47.1 Å². The third-order valence-electron chi connectivity index (χ3n) is 1.27. The van der Waals surface area contributed by atoms with E-state index in [9.17, 15) is 9.18 Å². The van der Waals surface area contributed by atoms with Crippen LogP contribution in [0.1, 0.15) is 12.8 Å². The van der Waals surface area contributed by atoms with E-state index in [4.69, 9.17) is 0 Å². The van der Waals surface area contributed by atoms with Gasteiger partial charge in [-0.25, -0.2) is 4.39 Å². The molecule has 1 amide bonds. The predicted molar refractivity (Wildman–Crippen MR) is 27.1 cm³/mol. The van der Waals surface area contributed by atoms with E-state index in [1.165, 1.54) is 0 Å². The summed E-state index contributed by atoms with van der Waals surface area (Å²) < 4.78 is 11.7. The number of carbonyl (C=O) groups excluding carboxylic acids is 1. The van der Waals surface area contributed by atoms with Crippen LogP contribution in [0.4, 0.5) is 4.39 Å². The van der Waals surface area contributed by atoms with Crippen molar-refractivity contribution in [1.29, 1.82) is 0 Å². The first kappa shape index (κ1) is 5.54. The normalized spacial score (nSPS) is 28.1. The summed E-state index contributed by atoms with van der Waals surface area (Å²) in [6.07, 6.45) is 1.16. The second-order valence-electron chi connectivity index (χ2n) is 1.96. The minimum Gasteiger partial charge on any atom is -0.351 e. The van der Waals surface area contributed by atoms with E-state index in [1.807, 2.05) is 0 Å². The van der Waals surface area contributed by atoms with Crippen molar-refractivity contribution in [3.8, 4) is 0 Å². The standard InChI is InChI=1S/C5H8FNO/c6-3-4-1-2-5(8)7-4/h4H,1-3H2,(H,7,8)/t4-/m1/s1. The van der Waals surface area contributed by atoms with Crippen molar-refractivity contribution in [2.75, 3.05) is 6.67 Å². The molecule has 3 heteroatoms. The molecule has 0 bridgehead atoms. The van der Waals surface area contributed by atoms with E-state index < -0.39 is 6.67 Å². The Balaban J connectivity index is 2.32. The fourth-order valence-electron chi connectivity index (χ4n) is 0.793. The van der Waals surface area contributed by atoms with E-state index in [1.54, 1.807) is 0 Å². The maximum Gasteiger partial charge on any atom is 0.220 e. The Morgan fingerprint density at radius 2 is 2.62 bits per heavy atom. The molecule has 1 heterocycles. The number of hydrogen-bond donors (Lipinski definition) is 1. The van der Waals surface area contributed by atoms with Crippen molar-refractivity contribution in [2.24, 2.45) is 0 Å². The lowest BCUT2D eigenvalue weighted by molar-refractivity contribution is -0.119. The second kappa shape index (κ2) is 2.11. The number of halogens is 1. The van der Waals surface area contributed by atoms with Gasteiger partial charge in [0, 0.05) is 6.42 Å². The molecule has 2 nitrogen and oxygen atoms in total. The second-order valence-corrected chi connectivity index (χ2v) is 1.96. The molecule has 1 fully saturated rings. The van der Waals surface area contributed by atoms with Gasteiger partial charge in [0.05, 0.1) is 6.04 Å². The molecule has 8 heavy (non-hydrogen) atoms. The van der Waals surface area contributed by atoms with Crippen molar-refractivity contribution in [3.63, 3.8) is 0 Å². The molecule has 0 aromatic rings. The van der Waals surface area contributed by atoms with Gasteiger partial charge in [-0.1, -0.05) is 0 Å². The smallest absolute Gasteiger partial charge is 0.220 e. The molecule has 0 aliphatic carbocycles. The zero-order chi connectivity index (χ0) is 5.98. The van der Waals surface area contributed by atoms with Gasteiger partial charge in [-0.15, -0.1) is 0 Å². The minimum atomic E-state index is -0.425. The molecule has 46 valence electrons. The van der Waals surface area contributed by atoms with Gasteiger partial charge in [0.1, 0.15) is 6.67 Å². The minimum absolute atomic E-state index is 0.0207. The number of rotatable bonds is 1. The summed E-state index contributed by atoms with van der Waals surface area (Å²) in [6, 6.07) is -0.192. The third-order valence-corrected chi connectivity index (χ3v) is 1.27. The van der Waals surface area contributed by atoms with Crippen LogP contribution in [0.3, 0.4) is 0 Å². The van der Waals surface area contributed by atoms with Crippen LogP contribution in [0.2, 0.25) is 0 Å². The Bertz CT molecular complexity index is 105. The van der Waals surface area contributed by atoms with Gasteiger partial charge in [-0.3, -0.25) is 4.79 Å². The summed E-state index contributed by atoms with van der Waals surface area (Å²) in [4.78, 5) is 10.3. The van der Waals surface area contributed by atoms with Crippen molar-refractivity contribution in [3.05, 3.63) is 0 Å². The van der Waals surface area contributed by atoms with E-state index in [2.05, 4.69) is 5.32 Å². The molecule has 1 saturated heterocycles. The molecule has 1 aliphatic rings. The maximum absolute atomic E-state index is 11.7. The molecular weight excluding hydrogens is 109 g/mol. The van der Waals surface area contributed by atoms with Crippen molar-refractivity contribution < 1.29 is 9.18 Å². The first-order chi connectivity index (χ1) is 3.83. The van der Waals surface area contributed by atoms with Gasteiger partial charge in [0.25, 0.3) is 0 Å². The molecular formula is C5H8FNO. The molecule has 1 rings (SSSR count). The van der Waals surface area contributed by atoms with Gasteiger partial charge in [0.15, 0.2) is 0 Å². The Morgan fingerprint density at radius 1 is 1.88 bits per heavy atom. The fourth-order valence-corrected chi connectivity index (χ4v) is 0.793. The van der Waals surface area contributed by atoms with Crippen molar-refractivity contribution >= 4 is 5.91 Å². The Hall–Kier alpha value is -0.600.